The van der Waals surface area contributed by atoms with Crippen LogP contribution in [-0.4, -0.2) is 26.5 Å². The van der Waals surface area contributed by atoms with E-state index in [9.17, 15) is 0 Å². The molecule has 0 radical (unpaired) electrons. The van der Waals surface area contributed by atoms with Gasteiger partial charge in [-0.3, -0.25) is 0 Å². The van der Waals surface area contributed by atoms with Gasteiger partial charge in [0.25, 0.3) is 0 Å². The van der Waals surface area contributed by atoms with E-state index >= 15 is 0 Å². The van der Waals surface area contributed by atoms with Crippen LogP contribution in [-0.2, 0) is 6.42 Å². The molecule has 0 spiro atoms. The molecule has 6 nitrogen and oxygen atoms in total. The first kappa shape index (κ1) is 18.8. The van der Waals surface area contributed by atoms with Crippen LogP contribution in [0.5, 0.6) is 0 Å². The molecule has 0 bridgehead atoms. The largest absolute Gasteiger partial charge is 0.354 e. The predicted molar refractivity (Wildman–Crippen MR) is 118 cm³/mol. The molecule has 0 saturated heterocycles. The van der Waals surface area contributed by atoms with Gasteiger partial charge in [0.15, 0.2) is 17.0 Å². The third-order valence-corrected chi connectivity index (χ3v) is 4.87. The molecule has 6 heteroatoms. The van der Waals surface area contributed by atoms with Crippen LogP contribution in [0.4, 0.5) is 17.5 Å². The van der Waals surface area contributed by atoms with E-state index in [1.54, 1.807) is 12.4 Å². The second-order valence-electron chi connectivity index (χ2n) is 7.06. The Morgan fingerprint density at radius 2 is 1.69 bits per heavy atom. The van der Waals surface area contributed by atoms with Gasteiger partial charge in [-0.15, -0.1) is 0 Å². The van der Waals surface area contributed by atoms with Crippen LogP contribution >= 0.6 is 0 Å². The van der Waals surface area contributed by atoms with Crippen molar-refractivity contribution in [1.29, 1.82) is 0 Å². The van der Waals surface area contributed by atoms with Gasteiger partial charge in [0, 0.05) is 24.6 Å². The van der Waals surface area contributed by atoms with Crippen LogP contribution < -0.4 is 10.6 Å². The monoisotopic (exact) mass is 384 g/mol. The summed E-state index contributed by atoms with van der Waals surface area (Å²) in [6.07, 6.45) is 5.30. The van der Waals surface area contributed by atoms with Gasteiger partial charge in [0.2, 0.25) is 5.95 Å². The van der Waals surface area contributed by atoms with Crippen molar-refractivity contribution < 1.29 is 0 Å². The normalized spacial score (nSPS) is 10.8. The third-order valence-electron chi connectivity index (χ3n) is 4.87. The Balaban J connectivity index is 1.51. The van der Waals surface area contributed by atoms with Gasteiger partial charge < -0.3 is 10.6 Å². The van der Waals surface area contributed by atoms with Crippen molar-refractivity contribution in [2.75, 3.05) is 17.2 Å². The molecule has 146 valence electrons. The summed E-state index contributed by atoms with van der Waals surface area (Å²) in [6.45, 7) is 4.98. The number of fused-ring (bicyclic) bond motifs is 1. The van der Waals surface area contributed by atoms with Gasteiger partial charge in [-0.2, -0.15) is 9.97 Å². The Kier molecular flexibility index (Phi) is 5.61. The topological polar surface area (TPSA) is 75.6 Å². The van der Waals surface area contributed by atoms with Crippen LogP contribution in [0, 0.1) is 13.8 Å². The zero-order valence-corrected chi connectivity index (χ0v) is 16.7. The number of aryl methyl sites for hydroxylation is 3. The molecule has 0 amide bonds. The summed E-state index contributed by atoms with van der Waals surface area (Å²) < 4.78 is 0. The lowest BCUT2D eigenvalue weighted by molar-refractivity contribution is 0.854. The van der Waals surface area contributed by atoms with E-state index in [2.05, 4.69) is 80.8 Å². The highest BCUT2D eigenvalue weighted by molar-refractivity contribution is 5.85. The lowest BCUT2D eigenvalue weighted by Crippen LogP contribution is -2.09. The Morgan fingerprint density at radius 3 is 2.52 bits per heavy atom. The van der Waals surface area contributed by atoms with E-state index in [4.69, 9.17) is 0 Å². The van der Waals surface area contributed by atoms with Crippen LogP contribution in [0.1, 0.15) is 23.1 Å². The zero-order valence-electron chi connectivity index (χ0n) is 16.7. The first-order valence-electron chi connectivity index (χ1n) is 9.80. The van der Waals surface area contributed by atoms with Gasteiger partial charge in [0.05, 0.1) is 0 Å². The predicted octanol–water partition coefficient (Wildman–Crippen LogP) is 4.82. The quantitative estimate of drug-likeness (QED) is 0.445. The van der Waals surface area contributed by atoms with E-state index in [1.165, 1.54) is 16.7 Å². The van der Waals surface area contributed by atoms with Crippen LogP contribution in [0.3, 0.4) is 0 Å². The minimum atomic E-state index is 0.553. The molecule has 0 aliphatic heterocycles. The standard InChI is InChI=1S/C23H24N6/c1-16-10-11-19(15-17(16)2)27-22-20-21(25-14-13-24-20)28-23(29-22)26-12-6-9-18-7-4-3-5-8-18/h3-5,7-8,10-11,13-15H,6,9,12H2,1-2H3,(H2,25,26,27,28,29). The van der Waals surface area contributed by atoms with Crippen molar-refractivity contribution in [3.63, 3.8) is 0 Å². The Morgan fingerprint density at radius 1 is 0.862 bits per heavy atom. The van der Waals surface area contributed by atoms with Crippen LogP contribution in [0.25, 0.3) is 11.2 Å². The van der Waals surface area contributed by atoms with E-state index in [-0.39, 0.29) is 0 Å². The number of hydrogen-bond acceptors (Lipinski definition) is 6. The molecule has 2 heterocycles. The molecule has 4 rings (SSSR count). The van der Waals surface area contributed by atoms with E-state index in [0.717, 1.165) is 25.1 Å². The first-order chi connectivity index (χ1) is 14.2. The SMILES string of the molecule is Cc1ccc(Nc2nc(NCCCc3ccccc3)nc3nccnc23)cc1C. The average molecular weight is 384 g/mol. The fourth-order valence-electron chi connectivity index (χ4n) is 3.12. The number of nitrogens with zero attached hydrogens (tertiary/aromatic N) is 4. The highest BCUT2D eigenvalue weighted by atomic mass is 15.2. The number of anilines is 3. The van der Waals surface area contributed by atoms with Crippen LogP contribution in [0.15, 0.2) is 60.9 Å². The van der Waals surface area contributed by atoms with E-state index in [1.807, 2.05) is 12.1 Å². The lowest BCUT2D eigenvalue weighted by Gasteiger charge is -2.12. The molecular formula is C23H24N6. The summed E-state index contributed by atoms with van der Waals surface area (Å²) >= 11 is 0. The molecule has 4 aromatic rings. The Labute approximate surface area is 170 Å². The van der Waals surface area contributed by atoms with Crippen molar-refractivity contribution in [1.82, 2.24) is 19.9 Å². The maximum Gasteiger partial charge on any atom is 0.226 e. The van der Waals surface area contributed by atoms with Gasteiger partial charge in [-0.05, 0) is 55.5 Å². The second-order valence-corrected chi connectivity index (χ2v) is 7.06. The maximum atomic E-state index is 4.66. The Hall–Kier alpha value is -3.54. The van der Waals surface area contributed by atoms with Crippen molar-refractivity contribution in [3.05, 3.63) is 77.6 Å². The molecule has 2 aromatic heterocycles. The summed E-state index contributed by atoms with van der Waals surface area (Å²) in [5.74, 6) is 1.20. The molecule has 0 aliphatic rings. The van der Waals surface area contributed by atoms with Gasteiger partial charge >= 0.3 is 0 Å². The second kappa shape index (κ2) is 8.65. The van der Waals surface area contributed by atoms with Crippen LogP contribution in [0.2, 0.25) is 0 Å². The highest BCUT2D eigenvalue weighted by Gasteiger charge is 2.10. The molecule has 0 saturated carbocycles. The van der Waals surface area contributed by atoms with Crippen molar-refractivity contribution >= 4 is 28.6 Å². The summed E-state index contributed by atoms with van der Waals surface area (Å²) in [5.41, 5.74) is 5.99. The van der Waals surface area contributed by atoms with Crippen molar-refractivity contribution in [2.24, 2.45) is 0 Å². The molecule has 0 unspecified atom stereocenters. The average Bonchev–Trinajstić information content (AvgIpc) is 2.75. The van der Waals surface area contributed by atoms with E-state index in [0.29, 0.717) is 22.9 Å². The third kappa shape index (κ3) is 4.66. The van der Waals surface area contributed by atoms with Gasteiger partial charge in [0.1, 0.15) is 0 Å². The summed E-state index contributed by atoms with van der Waals surface area (Å²) in [7, 11) is 0. The number of hydrogen-bond donors (Lipinski definition) is 2. The molecule has 2 N–H and O–H groups in total. The van der Waals surface area contributed by atoms with Gasteiger partial charge in [-0.25, -0.2) is 9.97 Å². The Bertz CT molecular complexity index is 1110. The summed E-state index contributed by atoms with van der Waals surface area (Å²) in [6, 6.07) is 16.7. The number of aromatic nitrogens is 4. The van der Waals surface area contributed by atoms with E-state index < -0.39 is 0 Å². The summed E-state index contributed by atoms with van der Waals surface area (Å²) in [5, 5.41) is 6.70. The van der Waals surface area contributed by atoms with Gasteiger partial charge in [-0.1, -0.05) is 36.4 Å². The molecule has 0 atom stereocenters. The smallest absolute Gasteiger partial charge is 0.226 e. The van der Waals surface area contributed by atoms with Crippen molar-refractivity contribution in [2.45, 2.75) is 26.7 Å². The fraction of sp³-hybridized carbons (Fsp3) is 0.217. The maximum absolute atomic E-state index is 4.66. The highest BCUT2D eigenvalue weighted by Crippen LogP contribution is 2.24. The lowest BCUT2D eigenvalue weighted by atomic mass is 10.1. The molecule has 0 aliphatic carbocycles. The van der Waals surface area contributed by atoms with Crippen molar-refractivity contribution in [3.8, 4) is 0 Å². The molecule has 29 heavy (non-hydrogen) atoms. The number of rotatable bonds is 7. The number of benzene rings is 2. The molecular weight excluding hydrogens is 360 g/mol. The minimum Gasteiger partial charge on any atom is -0.354 e. The minimum absolute atomic E-state index is 0.553. The molecule has 2 aromatic carbocycles. The first-order valence-corrected chi connectivity index (χ1v) is 9.80. The summed E-state index contributed by atoms with van der Waals surface area (Å²) in [4.78, 5) is 17.9. The zero-order chi connectivity index (χ0) is 20.1. The number of nitrogens with one attached hydrogen (secondary N) is 2. The molecule has 0 fully saturated rings. The fourth-order valence-corrected chi connectivity index (χ4v) is 3.12.